The molecule has 34 heavy (non-hydrogen) atoms. The maximum Gasteiger partial charge on any atom is 0.384 e. The minimum absolute atomic E-state index is 0.0399. The van der Waals surface area contributed by atoms with Gasteiger partial charge in [0.15, 0.2) is 0 Å². The summed E-state index contributed by atoms with van der Waals surface area (Å²) in [5.41, 5.74) is -7.61. The normalized spacial score (nSPS) is 23.3. The highest BCUT2D eigenvalue weighted by molar-refractivity contribution is 7.23. The highest BCUT2D eigenvalue weighted by Crippen LogP contribution is 2.69. The molecule has 188 valence electrons. The SMILES string of the molecule is CCOC(=O)c1c(NC(=O)C2(F)C(F)(F)C(F)(F)C(F)(F)C(F)(F)C2(F)F)sc2ccccc12. The van der Waals surface area contributed by atoms with Gasteiger partial charge in [0.1, 0.15) is 10.6 Å². The van der Waals surface area contributed by atoms with Crippen LogP contribution in [0, 0.1) is 0 Å². The molecule has 1 aliphatic carbocycles. The molecular formula is C18H10F11NO3S. The maximum atomic E-state index is 15.0. The number of alkyl halides is 11. The molecule has 1 saturated carbocycles. The summed E-state index contributed by atoms with van der Waals surface area (Å²) in [5.74, 6) is -41.8. The van der Waals surface area contributed by atoms with Crippen molar-refractivity contribution in [3.8, 4) is 0 Å². The Hall–Kier alpha value is -2.65. The number of rotatable bonds is 4. The zero-order valence-corrected chi connectivity index (χ0v) is 17.1. The van der Waals surface area contributed by atoms with Crippen molar-refractivity contribution in [3.05, 3.63) is 29.8 Å². The molecule has 1 aromatic carbocycles. The van der Waals surface area contributed by atoms with Crippen molar-refractivity contribution in [2.24, 2.45) is 0 Å². The number of fused-ring (bicyclic) bond motifs is 1. The maximum absolute atomic E-state index is 15.0. The third-order valence-corrected chi connectivity index (χ3v) is 6.14. The fourth-order valence-corrected chi connectivity index (χ4v) is 4.32. The second-order valence-corrected chi connectivity index (χ2v) is 8.06. The number of anilines is 1. The molecule has 1 heterocycles. The summed E-state index contributed by atoms with van der Waals surface area (Å²) in [6.45, 7) is 0.988. The summed E-state index contributed by atoms with van der Waals surface area (Å²) in [4.78, 5) is 24.4. The van der Waals surface area contributed by atoms with E-state index in [2.05, 4.69) is 4.74 Å². The quantitative estimate of drug-likeness (QED) is 0.396. The molecule has 0 atom stereocenters. The number of nitrogens with one attached hydrogen (secondary N) is 1. The lowest BCUT2D eigenvalue weighted by molar-refractivity contribution is -0.475. The van der Waals surface area contributed by atoms with Crippen molar-refractivity contribution < 1.29 is 62.6 Å². The average molecular weight is 529 g/mol. The van der Waals surface area contributed by atoms with Gasteiger partial charge in [0.25, 0.3) is 5.91 Å². The molecule has 1 aliphatic rings. The molecule has 2 aromatic rings. The smallest absolute Gasteiger partial charge is 0.384 e. The number of thiophene rings is 1. The Morgan fingerprint density at radius 1 is 0.824 bits per heavy atom. The Kier molecular flexibility index (Phi) is 5.67. The lowest BCUT2D eigenvalue weighted by atomic mass is 9.71. The zero-order chi connectivity index (χ0) is 26.1. The Bertz CT molecular complexity index is 1130. The van der Waals surface area contributed by atoms with Crippen LogP contribution >= 0.6 is 11.3 Å². The van der Waals surface area contributed by atoms with Gasteiger partial charge in [0, 0.05) is 10.1 Å². The number of hydrogen-bond donors (Lipinski definition) is 1. The van der Waals surface area contributed by atoms with E-state index in [1.165, 1.54) is 31.2 Å². The number of esters is 1. The molecule has 3 rings (SSSR count). The summed E-state index contributed by atoms with van der Waals surface area (Å²) in [7, 11) is 0. The van der Waals surface area contributed by atoms with Gasteiger partial charge in [-0.3, -0.25) is 4.79 Å². The van der Waals surface area contributed by atoms with Gasteiger partial charge < -0.3 is 10.1 Å². The predicted molar refractivity (Wildman–Crippen MR) is 95.0 cm³/mol. The van der Waals surface area contributed by atoms with Crippen molar-refractivity contribution in [1.82, 2.24) is 0 Å². The third-order valence-electron chi connectivity index (χ3n) is 5.06. The first kappa shape index (κ1) is 26.0. The summed E-state index contributed by atoms with van der Waals surface area (Å²) in [6, 6.07) is 5.09. The highest BCUT2D eigenvalue weighted by Gasteiger charge is 3.02. The number of halogens is 11. The molecule has 16 heteroatoms. The van der Waals surface area contributed by atoms with E-state index in [0.717, 1.165) is 5.32 Å². The molecule has 0 radical (unpaired) electrons. The molecular weight excluding hydrogens is 519 g/mol. The monoisotopic (exact) mass is 529 g/mol. The van der Waals surface area contributed by atoms with Gasteiger partial charge in [-0.25, -0.2) is 9.18 Å². The summed E-state index contributed by atoms with van der Waals surface area (Å²) < 4.78 is 158. The van der Waals surface area contributed by atoms with Gasteiger partial charge >= 0.3 is 41.3 Å². The first-order valence-electron chi connectivity index (χ1n) is 8.92. The van der Waals surface area contributed by atoms with Crippen LogP contribution in [0.15, 0.2) is 24.3 Å². The van der Waals surface area contributed by atoms with E-state index in [9.17, 15) is 57.9 Å². The van der Waals surface area contributed by atoms with E-state index >= 15 is 0 Å². The molecule has 0 saturated heterocycles. The van der Waals surface area contributed by atoms with Crippen molar-refractivity contribution in [2.45, 2.75) is 42.2 Å². The van der Waals surface area contributed by atoms with Gasteiger partial charge in [-0.05, 0) is 13.0 Å². The fraction of sp³-hybridized carbons (Fsp3) is 0.444. The number of ether oxygens (including phenoxy) is 1. The van der Waals surface area contributed by atoms with E-state index in [-0.39, 0.29) is 28.0 Å². The van der Waals surface area contributed by atoms with Gasteiger partial charge in [-0.2, -0.15) is 43.9 Å². The first-order valence-corrected chi connectivity index (χ1v) is 9.74. The molecule has 1 fully saturated rings. The zero-order valence-electron chi connectivity index (χ0n) is 16.3. The number of benzene rings is 1. The van der Waals surface area contributed by atoms with Crippen LogP contribution in [0.2, 0.25) is 0 Å². The predicted octanol–water partition coefficient (Wildman–Crippen LogP) is 5.91. The van der Waals surface area contributed by atoms with E-state index in [0.29, 0.717) is 0 Å². The molecule has 1 N–H and O–H groups in total. The molecule has 4 nitrogen and oxygen atoms in total. The van der Waals surface area contributed by atoms with Crippen LogP contribution in [0.4, 0.5) is 53.3 Å². The minimum atomic E-state index is -7.45. The second-order valence-electron chi connectivity index (χ2n) is 7.01. The summed E-state index contributed by atoms with van der Waals surface area (Å²) >= 11 is 0.257. The van der Waals surface area contributed by atoms with Crippen LogP contribution < -0.4 is 5.32 Å². The van der Waals surface area contributed by atoms with E-state index in [1.54, 1.807) is 0 Å². The number of carbonyl (C=O) groups excluding carboxylic acids is 2. The van der Waals surface area contributed by atoms with Crippen LogP contribution in [-0.4, -0.2) is 53.8 Å². The molecule has 1 aromatic heterocycles. The molecule has 0 unspecified atom stereocenters. The van der Waals surface area contributed by atoms with Crippen molar-refractivity contribution in [2.75, 3.05) is 11.9 Å². The Balaban J connectivity index is 2.21. The van der Waals surface area contributed by atoms with Gasteiger partial charge in [0.05, 0.1) is 6.61 Å². The molecule has 0 aliphatic heterocycles. The minimum Gasteiger partial charge on any atom is -0.462 e. The van der Waals surface area contributed by atoms with Crippen molar-refractivity contribution in [1.29, 1.82) is 0 Å². The van der Waals surface area contributed by atoms with Crippen LogP contribution in [0.25, 0.3) is 10.1 Å². The van der Waals surface area contributed by atoms with Crippen molar-refractivity contribution >= 4 is 38.3 Å². The van der Waals surface area contributed by atoms with Crippen molar-refractivity contribution in [3.63, 3.8) is 0 Å². The second kappa shape index (κ2) is 7.42. The standard InChI is InChI=1S/C18H10F11NO3S/c1-2-33-11(31)9-7-5-3-4-6-8(7)34-10(9)30-12(32)13(19)14(20,21)16(24,25)18(28,29)17(26,27)15(13,22)23/h3-6H,2H2,1H3,(H,30,32). The Morgan fingerprint density at radius 2 is 1.29 bits per heavy atom. The number of amides is 1. The van der Waals surface area contributed by atoms with Gasteiger partial charge in [0.2, 0.25) is 0 Å². The number of hydrogen-bond acceptors (Lipinski definition) is 4. The topological polar surface area (TPSA) is 55.4 Å². The Morgan fingerprint density at radius 3 is 1.79 bits per heavy atom. The highest BCUT2D eigenvalue weighted by atomic mass is 32.1. The van der Waals surface area contributed by atoms with E-state index < -0.39 is 57.7 Å². The summed E-state index contributed by atoms with van der Waals surface area (Å²) in [5, 5.41) is -0.119. The lowest BCUT2D eigenvalue weighted by Gasteiger charge is -2.51. The molecule has 0 bridgehead atoms. The van der Waals surface area contributed by atoms with Crippen LogP contribution in [0.1, 0.15) is 17.3 Å². The third kappa shape index (κ3) is 2.83. The van der Waals surface area contributed by atoms with E-state index in [1.807, 2.05) is 0 Å². The number of carbonyl (C=O) groups is 2. The van der Waals surface area contributed by atoms with E-state index in [4.69, 9.17) is 0 Å². The van der Waals surface area contributed by atoms with Crippen LogP contribution in [0.3, 0.4) is 0 Å². The lowest BCUT2D eigenvalue weighted by Crippen LogP contribution is -2.86. The van der Waals surface area contributed by atoms with Gasteiger partial charge in [-0.1, -0.05) is 18.2 Å². The molecule has 1 amide bonds. The average Bonchev–Trinajstić information content (AvgIpc) is 3.09. The molecule has 0 spiro atoms. The van der Waals surface area contributed by atoms with Crippen LogP contribution in [0.5, 0.6) is 0 Å². The largest absolute Gasteiger partial charge is 0.462 e. The first-order chi connectivity index (χ1) is 15.3. The summed E-state index contributed by atoms with van der Waals surface area (Å²) in [6.07, 6.45) is 0. The van der Waals surface area contributed by atoms with Gasteiger partial charge in [-0.15, -0.1) is 11.3 Å². The fourth-order valence-electron chi connectivity index (χ4n) is 3.24. The van der Waals surface area contributed by atoms with Crippen LogP contribution in [-0.2, 0) is 9.53 Å². The Labute approximate surface area is 185 Å².